The summed E-state index contributed by atoms with van der Waals surface area (Å²) in [5.41, 5.74) is 2.74. The lowest BCUT2D eigenvalue weighted by Gasteiger charge is -2.14. The van der Waals surface area contributed by atoms with Gasteiger partial charge in [-0.05, 0) is 35.7 Å². The zero-order valence-corrected chi connectivity index (χ0v) is 17.5. The molecular weight excluding hydrogens is 408 g/mol. The van der Waals surface area contributed by atoms with E-state index in [0.717, 1.165) is 5.56 Å². The van der Waals surface area contributed by atoms with Gasteiger partial charge in [0.2, 0.25) is 0 Å². The first-order chi connectivity index (χ1) is 15.5. The molecule has 0 saturated heterocycles. The van der Waals surface area contributed by atoms with E-state index in [4.69, 9.17) is 0 Å². The number of halogens is 2. The van der Waals surface area contributed by atoms with Gasteiger partial charge in [0, 0.05) is 17.5 Å². The zero-order chi connectivity index (χ0) is 22.2. The van der Waals surface area contributed by atoms with Crippen molar-refractivity contribution in [2.24, 2.45) is 0 Å². The minimum absolute atomic E-state index is 0.0926. The van der Waals surface area contributed by atoms with Gasteiger partial charge in [-0.3, -0.25) is 9.36 Å². The van der Waals surface area contributed by atoms with Gasteiger partial charge in [0.15, 0.2) is 0 Å². The van der Waals surface area contributed by atoms with E-state index in [1.54, 1.807) is 33.4 Å². The molecule has 5 rings (SSSR count). The molecule has 3 aromatic carbocycles. The van der Waals surface area contributed by atoms with Gasteiger partial charge in [0.05, 0.1) is 18.4 Å². The van der Waals surface area contributed by atoms with Gasteiger partial charge in [-0.1, -0.05) is 55.5 Å². The molecule has 32 heavy (non-hydrogen) atoms. The summed E-state index contributed by atoms with van der Waals surface area (Å²) in [6, 6.07) is 20.7. The minimum atomic E-state index is -0.411. The number of nitrogens with zero attached hydrogens (tertiary/aromatic N) is 3. The molecule has 5 aromatic rings. The Hall–Kier alpha value is -3.80. The van der Waals surface area contributed by atoms with Crippen molar-refractivity contribution in [3.05, 3.63) is 112 Å². The third kappa shape index (κ3) is 3.47. The summed E-state index contributed by atoms with van der Waals surface area (Å²) >= 11 is 0. The van der Waals surface area contributed by atoms with Crippen LogP contribution in [0.5, 0.6) is 0 Å². The fourth-order valence-electron chi connectivity index (χ4n) is 4.25. The van der Waals surface area contributed by atoms with Crippen molar-refractivity contribution in [1.29, 1.82) is 0 Å². The highest BCUT2D eigenvalue weighted by atomic mass is 19.1. The van der Waals surface area contributed by atoms with Crippen molar-refractivity contribution in [2.45, 2.75) is 25.9 Å². The summed E-state index contributed by atoms with van der Waals surface area (Å²) in [6.45, 7) is 2.64. The van der Waals surface area contributed by atoms with Crippen LogP contribution in [0.25, 0.3) is 21.9 Å². The maximum atomic E-state index is 14.4. The quantitative estimate of drug-likeness (QED) is 0.371. The standard InChI is InChI=1S/C26H21F2N3O/c1-17(18-7-3-2-4-8-18)14-30-16-29-24-21-13-20(27)11-12-23(21)31(25(24)26(30)32)15-19-9-5-6-10-22(19)28/h2-13,16-17H,14-15H2,1H3. The van der Waals surface area contributed by atoms with Crippen LogP contribution in [-0.2, 0) is 13.1 Å². The highest BCUT2D eigenvalue weighted by Gasteiger charge is 2.19. The van der Waals surface area contributed by atoms with Crippen molar-refractivity contribution < 1.29 is 8.78 Å². The summed E-state index contributed by atoms with van der Waals surface area (Å²) in [5.74, 6) is -0.673. The second kappa shape index (κ2) is 8.04. The molecule has 2 aromatic heterocycles. The fourth-order valence-corrected chi connectivity index (χ4v) is 4.25. The van der Waals surface area contributed by atoms with Crippen LogP contribution >= 0.6 is 0 Å². The van der Waals surface area contributed by atoms with Gasteiger partial charge in [0.25, 0.3) is 5.56 Å². The molecule has 0 aliphatic rings. The maximum Gasteiger partial charge on any atom is 0.277 e. The molecule has 6 heteroatoms. The lowest BCUT2D eigenvalue weighted by Crippen LogP contribution is -2.24. The van der Waals surface area contributed by atoms with Crippen molar-refractivity contribution >= 4 is 21.9 Å². The van der Waals surface area contributed by atoms with Gasteiger partial charge in [-0.15, -0.1) is 0 Å². The number of hydrogen-bond acceptors (Lipinski definition) is 2. The van der Waals surface area contributed by atoms with Gasteiger partial charge in [-0.2, -0.15) is 0 Å². The Bertz CT molecular complexity index is 1490. The normalized spacial score (nSPS) is 12.5. The topological polar surface area (TPSA) is 39.8 Å². The third-order valence-corrected chi connectivity index (χ3v) is 5.91. The Balaban J connectivity index is 1.69. The van der Waals surface area contributed by atoms with Crippen LogP contribution in [0.4, 0.5) is 8.78 Å². The molecule has 1 unspecified atom stereocenters. The molecule has 0 saturated carbocycles. The molecule has 0 aliphatic heterocycles. The Morgan fingerprint density at radius 3 is 2.50 bits per heavy atom. The van der Waals surface area contributed by atoms with E-state index in [1.165, 1.54) is 24.5 Å². The maximum absolute atomic E-state index is 14.4. The molecule has 1 atom stereocenters. The van der Waals surface area contributed by atoms with E-state index in [2.05, 4.69) is 11.9 Å². The van der Waals surface area contributed by atoms with Crippen molar-refractivity contribution in [1.82, 2.24) is 14.1 Å². The average molecular weight is 429 g/mol. The summed E-state index contributed by atoms with van der Waals surface area (Å²) < 4.78 is 31.8. The first kappa shape index (κ1) is 20.1. The molecule has 0 aliphatic carbocycles. The van der Waals surface area contributed by atoms with Crippen LogP contribution in [-0.4, -0.2) is 14.1 Å². The number of benzene rings is 3. The number of aromatic nitrogens is 3. The second-order valence-corrected chi connectivity index (χ2v) is 8.05. The highest BCUT2D eigenvalue weighted by molar-refractivity contribution is 6.05. The predicted octanol–water partition coefficient (Wildman–Crippen LogP) is 5.48. The van der Waals surface area contributed by atoms with Crippen molar-refractivity contribution in [3.8, 4) is 0 Å². The molecule has 0 spiro atoms. The van der Waals surface area contributed by atoms with Crippen molar-refractivity contribution in [3.63, 3.8) is 0 Å². The Labute approximate surface area is 183 Å². The average Bonchev–Trinajstić information content (AvgIpc) is 3.11. The number of hydrogen-bond donors (Lipinski definition) is 0. The third-order valence-electron chi connectivity index (χ3n) is 5.91. The molecule has 0 bridgehead atoms. The Morgan fingerprint density at radius 1 is 0.969 bits per heavy atom. The largest absolute Gasteiger partial charge is 0.330 e. The molecule has 2 heterocycles. The molecule has 0 amide bonds. The lowest BCUT2D eigenvalue weighted by molar-refractivity contribution is 0.574. The van der Waals surface area contributed by atoms with E-state index in [1.807, 2.05) is 30.3 Å². The van der Waals surface area contributed by atoms with Gasteiger partial charge in [0.1, 0.15) is 22.7 Å². The van der Waals surface area contributed by atoms with E-state index in [0.29, 0.717) is 34.0 Å². The molecular formula is C26H21F2N3O. The van der Waals surface area contributed by atoms with E-state index in [-0.39, 0.29) is 23.8 Å². The Kier molecular flexibility index (Phi) is 5.05. The Morgan fingerprint density at radius 2 is 1.72 bits per heavy atom. The predicted molar refractivity (Wildman–Crippen MR) is 122 cm³/mol. The summed E-state index contributed by atoms with van der Waals surface area (Å²) in [7, 11) is 0. The van der Waals surface area contributed by atoms with Gasteiger partial charge in [-0.25, -0.2) is 13.8 Å². The van der Waals surface area contributed by atoms with Crippen LogP contribution < -0.4 is 5.56 Å². The minimum Gasteiger partial charge on any atom is -0.330 e. The van der Waals surface area contributed by atoms with Crippen LogP contribution in [0.1, 0.15) is 24.0 Å². The van der Waals surface area contributed by atoms with Gasteiger partial charge >= 0.3 is 0 Å². The highest BCUT2D eigenvalue weighted by Crippen LogP contribution is 2.28. The van der Waals surface area contributed by atoms with Crippen molar-refractivity contribution in [2.75, 3.05) is 0 Å². The van der Waals surface area contributed by atoms with Crippen LogP contribution in [0.3, 0.4) is 0 Å². The lowest BCUT2D eigenvalue weighted by atomic mass is 10.0. The molecule has 0 N–H and O–H groups in total. The SMILES string of the molecule is CC(Cn1cnc2c3cc(F)ccc3n(Cc3ccccc3F)c2c1=O)c1ccccc1. The number of rotatable bonds is 5. The smallest absolute Gasteiger partial charge is 0.277 e. The summed E-state index contributed by atoms with van der Waals surface area (Å²) in [5, 5.41) is 0.539. The first-order valence-corrected chi connectivity index (χ1v) is 10.5. The van der Waals surface area contributed by atoms with Crippen LogP contribution in [0.15, 0.2) is 83.9 Å². The van der Waals surface area contributed by atoms with Crippen LogP contribution in [0, 0.1) is 11.6 Å². The second-order valence-electron chi connectivity index (χ2n) is 8.05. The van der Waals surface area contributed by atoms with Crippen LogP contribution in [0.2, 0.25) is 0 Å². The van der Waals surface area contributed by atoms with E-state index in [9.17, 15) is 13.6 Å². The van der Waals surface area contributed by atoms with Gasteiger partial charge < -0.3 is 4.57 Å². The summed E-state index contributed by atoms with van der Waals surface area (Å²) in [6.07, 6.45) is 1.52. The number of fused-ring (bicyclic) bond motifs is 3. The zero-order valence-electron chi connectivity index (χ0n) is 17.5. The molecule has 0 radical (unpaired) electrons. The monoisotopic (exact) mass is 429 g/mol. The molecule has 160 valence electrons. The molecule has 0 fully saturated rings. The first-order valence-electron chi connectivity index (χ1n) is 10.5. The van der Waals surface area contributed by atoms with E-state index >= 15 is 0 Å². The fraction of sp³-hybridized carbons (Fsp3) is 0.154. The van der Waals surface area contributed by atoms with E-state index < -0.39 is 5.82 Å². The molecule has 4 nitrogen and oxygen atoms in total. The summed E-state index contributed by atoms with van der Waals surface area (Å²) in [4.78, 5) is 18.1.